The number of hydrogen-bond acceptors (Lipinski definition) is 1. The second-order valence-electron chi connectivity index (χ2n) is 4.22. The van der Waals surface area contributed by atoms with E-state index in [0.717, 1.165) is 16.4 Å². The summed E-state index contributed by atoms with van der Waals surface area (Å²) in [6.07, 6.45) is 12.4. The van der Waals surface area contributed by atoms with Gasteiger partial charge in [-0.05, 0) is 12.5 Å². The Morgan fingerprint density at radius 1 is 0.733 bits per heavy atom. The first-order valence-electron chi connectivity index (χ1n) is 6.76. The average Bonchev–Trinajstić information content (AvgIpc) is 2.26. The van der Waals surface area contributed by atoms with E-state index in [4.69, 9.17) is 4.43 Å². The first-order chi connectivity index (χ1) is 7.41. The fraction of sp³-hybridized carbons (Fsp3) is 1.00. The van der Waals surface area contributed by atoms with Gasteiger partial charge in [0, 0.05) is 6.61 Å². The zero-order valence-electron chi connectivity index (χ0n) is 10.7. The third-order valence-electron chi connectivity index (χ3n) is 2.55. The summed E-state index contributed by atoms with van der Waals surface area (Å²) < 4.78 is 5.55. The molecule has 0 aromatic carbocycles. The second-order valence-corrected chi connectivity index (χ2v) is 5.30. The van der Waals surface area contributed by atoms with Gasteiger partial charge in [-0.25, -0.2) is 0 Å². The molecular formula is C13H28OSi. The smallest absolute Gasteiger partial charge is 0.229 e. The highest BCUT2D eigenvalue weighted by atomic mass is 28.2. The van der Waals surface area contributed by atoms with Gasteiger partial charge in [0.15, 0.2) is 0 Å². The molecule has 0 amide bonds. The molecule has 0 atom stereocenters. The molecule has 0 fully saturated rings. The summed E-state index contributed by atoms with van der Waals surface area (Å²) >= 11 is 0. The lowest BCUT2D eigenvalue weighted by atomic mass is 10.1. The molecule has 0 heterocycles. The van der Waals surface area contributed by atoms with Crippen LogP contribution in [0.15, 0.2) is 0 Å². The Morgan fingerprint density at radius 3 is 1.93 bits per heavy atom. The van der Waals surface area contributed by atoms with Crippen LogP contribution in [-0.4, -0.2) is 16.4 Å². The van der Waals surface area contributed by atoms with E-state index in [0.29, 0.717) is 0 Å². The van der Waals surface area contributed by atoms with Crippen molar-refractivity contribution in [3.05, 3.63) is 0 Å². The standard InChI is InChI=1S/C13H28OSi/c1-3-5-6-7-8-9-10-11-12-14-15-13-4-2/h3-13H2,1-2H3. The first-order valence-corrected chi connectivity index (χ1v) is 7.88. The van der Waals surface area contributed by atoms with Crippen molar-refractivity contribution < 1.29 is 4.43 Å². The molecule has 0 saturated heterocycles. The lowest BCUT2D eigenvalue weighted by Gasteiger charge is -2.02. The highest BCUT2D eigenvalue weighted by Crippen LogP contribution is 2.08. The summed E-state index contributed by atoms with van der Waals surface area (Å²) in [5.74, 6) is 0. The van der Waals surface area contributed by atoms with Gasteiger partial charge in [0.1, 0.15) is 0 Å². The van der Waals surface area contributed by atoms with Crippen molar-refractivity contribution in [3.63, 3.8) is 0 Å². The molecule has 0 rings (SSSR count). The minimum atomic E-state index is 0.744. The van der Waals surface area contributed by atoms with Crippen LogP contribution in [0, 0.1) is 0 Å². The molecular weight excluding hydrogens is 200 g/mol. The molecule has 0 aliphatic heterocycles. The molecule has 0 saturated carbocycles. The van der Waals surface area contributed by atoms with E-state index in [1.165, 1.54) is 63.8 Å². The summed E-state index contributed by atoms with van der Waals surface area (Å²) in [4.78, 5) is 0. The number of rotatable bonds is 12. The van der Waals surface area contributed by atoms with E-state index in [-0.39, 0.29) is 0 Å². The summed E-state index contributed by atoms with van der Waals surface area (Å²) in [6.45, 7) is 5.48. The van der Waals surface area contributed by atoms with Crippen LogP contribution in [-0.2, 0) is 4.43 Å². The monoisotopic (exact) mass is 228 g/mol. The maximum Gasteiger partial charge on any atom is 0.229 e. The van der Waals surface area contributed by atoms with Gasteiger partial charge in [0.2, 0.25) is 9.76 Å². The third kappa shape index (κ3) is 14.2. The van der Waals surface area contributed by atoms with Gasteiger partial charge in [-0.15, -0.1) is 0 Å². The first kappa shape index (κ1) is 15.2. The molecule has 90 valence electrons. The minimum Gasteiger partial charge on any atom is -0.417 e. The van der Waals surface area contributed by atoms with Gasteiger partial charge in [0.25, 0.3) is 0 Å². The Hall–Kier alpha value is 0.177. The van der Waals surface area contributed by atoms with Crippen LogP contribution in [0.5, 0.6) is 0 Å². The van der Waals surface area contributed by atoms with Gasteiger partial charge in [-0.1, -0.05) is 65.2 Å². The molecule has 2 heteroatoms. The minimum absolute atomic E-state index is 0.744. The number of unbranched alkanes of at least 4 members (excludes halogenated alkanes) is 7. The Balaban J connectivity index is 2.81. The van der Waals surface area contributed by atoms with E-state index >= 15 is 0 Å². The molecule has 0 aromatic rings. The van der Waals surface area contributed by atoms with Gasteiger partial charge in [-0.2, -0.15) is 0 Å². The highest BCUT2D eigenvalue weighted by Gasteiger charge is 1.92. The lowest BCUT2D eigenvalue weighted by Crippen LogP contribution is -1.99. The highest BCUT2D eigenvalue weighted by molar-refractivity contribution is 6.26. The van der Waals surface area contributed by atoms with Crippen LogP contribution in [0.25, 0.3) is 0 Å². The summed E-state index contributed by atoms with van der Waals surface area (Å²) in [5.41, 5.74) is 0. The Morgan fingerprint density at radius 2 is 1.33 bits per heavy atom. The fourth-order valence-electron chi connectivity index (χ4n) is 1.55. The fourth-order valence-corrected chi connectivity index (χ4v) is 2.19. The van der Waals surface area contributed by atoms with Crippen molar-refractivity contribution >= 4 is 9.76 Å². The van der Waals surface area contributed by atoms with Crippen LogP contribution in [0.1, 0.15) is 71.6 Å². The van der Waals surface area contributed by atoms with E-state index in [1.807, 2.05) is 0 Å². The quantitative estimate of drug-likeness (QED) is 0.351. The molecule has 1 nitrogen and oxygen atoms in total. The topological polar surface area (TPSA) is 9.23 Å². The van der Waals surface area contributed by atoms with Crippen molar-refractivity contribution in [3.8, 4) is 0 Å². The predicted molar refractivity (Wildman–Crippen MR) is 69.4 cm³/mol. The van der Waals surface area contributed by atoms with E-state index in [1.54, 1.807) is 0 Å². The SMILES string of the molecule is CCCCCCCCCCO[Si]CCC. The molecule has 15 heavy (non-hydrogen) atoms. The Labute approximate surface area is 98.9 Å². The Kier molecular flexibility index (Phi) is 14.3. The molecule has 0 aliphatic rings. The van der Waals surface area contributed by atoms with Gasteiger partial charge in [-0.3, -0.25) is 0 Å². The van der Waals surface area contributed by atoms with Gasteiger partial charge >= 0.3 is 0 Å². The van der Waals surface area contributed by atoms with Crippen molar-refractivity contribution in [2.24, 2.45) is 0 Å². The maximum atomic E-state index is 5.55. The van der Waals surface area contributed by atoms with Crippen LogP contribution < -0.4 is 0 Å². The van der Waals surface area contributed by atoms with E-state index in [9.17, 15) is 0 Å². The van der Waals surface area contributed by atoms with Crippen LogP contribution in [0.2, 0.25) is 6.04 Å². The molecule has 0 aliphatic carbocycles. The van der Waals surface area contributed by atoms with Crippen molar-refractivity contribution in [1.82, 2.24) is 0 Å². The van der Waals surface area contributed by atoms with E-state index < -0.39 is 0 Å². The average molecular weight is 228 g/mol. The third-order valence-corrected chi connectivity index (χ3v) is 3.67. The summed E-state index contributed by atoms with van der Waals surface area (Å²) in [7, 11) is 0.744. The zero-order chi connectivity index (χ0) is 11.2. The van der Waals surface area contributed by atoms with Crippen LogP contribution in [0.4, 0.5) is 0 Å². The van der Waals surface area contributed by atoms with Gasteiger partial charge < -0.3 is 4.43 Å². The molecule has 0 spiro atoms. The van der Waals surface area contributed by atoms with Crippen LogP contribution >= 0.6 is 0 Å². The predicted octanol–water partition coefficient (Wildman–Crippen LogP) is 4.59. The zero-order valence-corrected chi connectivity index (χ0v) is 11.7. The van der Waals surface area contributed by atoms with Crippen molar-refractivity contribution in [2.45, 2.75) is 77.7 Å². The van der Waals surface area contributed by atoms with Crippen molar-refractivity contribution in [1.29, 1.82) is 0 Å². The van der Waals surface area contributed by atoms with Crippen molar-refractivity contribution in [2.75, 3.05) is 6.61 Å². The largest absolute Gasteiger partial charge is 0.417 e. The van der Waals surface area contributed by atoms with Crippen LogP contribution in [0.3, 0.4) is 0 Å². The lowest BCUT2D eigenvalue weighted by molar-refractivity contribution is 0.319. The molecule has 2 radical (unpaired) electrons. The summed E-state index contributed by atoms with van der Waals surface area (Å²) in [6, 6.07) is 1.25. The summed E-state index contributed by atoms with van der Waals surface area (Å²) in [5, 5.41) is 0. The van der Waals surface area contributed by atoms with E-state index in [2.05, 4.69) is 13.8 Å². The molecule has 0 bridgehead atoms. The van der Waals surface area contributed by atoms with Gasteiger partial charge in [0.05, 0.1) is 0 Å². The Bertz CT molecular complexity index is 94.7. The maximum absolute atomic E-state index is 5.55. The molecule has 0 aromatic heterocycles. The molecule has 0 unspecified atom stereocenters. The normalized spacial score (nSPS) is 10.8. The number of hydrogen-bond donors (Lipinski definition) is 0. The molecule has 0 N–H and O–H groups in total. The second kappa shape index (κ2) is 14.2.